The lowest BCUT2D eigenvalue weighted by Gasteiger charge is -2.27. The summed E-state index contributed by atoms with van der Waals surface area (Å²) in [6.07, 6.45) is 2.83. The summed E-state index contributed by atoms with van der Waals surface area (Å²) in [6.45, 7) is 5.98. The van der Waals surface area contributed by atoms with Crippen LogP contribution in [0.15, 0.2) is 16.6 Å². The second-order valence-corrected chi connectivity index (χ2v) is 6.95. The van der Waals surface area contributed by atoms with E-state index in [2.05, 4.69) is 4.99 Å². The highest BCUT2D eigenvalue weighted by Crippen LogP contribution is 2.21. The molecule has 6 nitrogen and oxygen atoms in total. The van der Waals surface area contributed by atoms with E-state index in [1.54, 1.807) is 4.57 Å². The second kappa shape index (κ2) is 6.01. The minimum atomic E-state index is -0.565. The average molecular weight is 311 g/mol. The van der Waals surface area contributed by atoms with E-state index in [-0.39, 0.29) is 5.91 Å². The number of carbonyl (C=O) groups excluding carboxylic acids is 2. The van der Waals surface area contributed by atoms with E-state index < -0.39 is 17.7 Å². The summed E-state index contributed by atoms with van der Waals surface area (Å²) in [6, 6.07) is -0.512. The van der Waals surface area contributed by atoms with Crippen LogP contribution in [0.5, 0.6) is 0 Å². The van der Waals surface area contributed by atoms with E-state index in [0.29, 0.717) is 17.8 Å². The average Bonchev–Trinajstić information content (AvgIpc) is 2.96. The topological polar surface area (TPSA) is 63.9 Å². The number of thiazole rings is 1. The van der Waals surface area contributed by atoms with E-state index in [0.717, 1.165) is 6.42 Å². The van der Waals surface area contributed by atoms with Gasteiger partial charge in [0.25, 0.3) is 5.91 Å². The highest BCUT2D eigenvalue weighted by atomic mass is 32.1. The molecule has 7 heteroatoms. The van der Waals surface area contributed by atoms with Crippen molar-refractivity contribution in [3.05, 3.63) is 16.4 Å². The molecule has 116 valence electrons. The maximum absolute atomic E-state index is 12.3. The van der Waals surface area contributed by atoms with Gasteiger partial charge in [-0.3, -0.25) is 9.69 Å². The smallest absolute Gasteiger partial charge is 0.410 e. The zero-order valence-electron chi connectivity index (χ0n) is 12.8. The molecule has 1 aliphatic heterocycles. The van der Waals surface area contributed by atoms with Gasteiger partial charge in [0.15, 0.2) is 4.80 Å². The lowest BCUT2D eigenvalue weighted by atomic mass is 10.2. The molecule has 2 rings (SSSR count). The van der Waals surface area contributed by atoms with Crippen molar-refractivity contribution in [1.82, 2.24) is 9.47 Å². The summed E-state index contributed by atoms with van der Waals surface area (Å²) in [7, 11) is 1.84. The predicted molar refractivity (Wildman–Crippen MR) is 79.8 cm³/mol. The maximum atomic E-state index is 12.3. The minimum absolute atomic E-state index is 0.281. The molecule has 0 N–H and O–H groups in total. The summed E-state index contributed by atoms with van der Waals surface area (Å²) in [4.78, 5) is 30.7. The number of ether oxygens (including phenoxy) is 1. The summed E-state index contributed by atoms with van der Waals surface area (Å²) >= 11 is 1.40. The maximum Gasteiger partial charge on any atom is 0.410 e. The van der Waals surface area contributed by atoms with E-state index in [9.17, 15) is 9.59 Å². The highest BCUT2D eigenvalue weighted by Gasteiger charge is 2.36. The molecule has 0 aromatic carbocycles. The molecule has 1 aromatic heterocycles. The van der Waals surface area contributed by atoms with Crippen molar-refractivity contribution in [3.63, 3.8) is 0 Å². The van der Waals surface area contributed by atoms with Gasteiger partial charge in [-0.05, 0) is 33.6 Å². The van der Waals surface area contributed by atoms with Gasteiger partial charge in [-0.1, -0.05) is 0 Å². The highest BCUT2D eigenvalue weighted by molar-refractivity contribution is 7.07. The Morgan fingerprint density at radius 1 is 1.43 bits per heavy atom. The third kappa shape index (κ3) is 3.93. The van der Waals surface area contributed by atoms with E-state index in [1.807, 2.05) is 39.4 Å². The van der Waals surface area contributed by atoms with Gasteiger partial charge >= 0.3 is 6.09 Å². The van der Waals surface area contributed by atoms with Crippen molar-refractivity contribution >= 4 is 23.3 Å². The van der Waals surface area contributed by atoms with Crippen LogP contribution < -0.4 is 4.80 Å². The Balaban J connectivity index is 2.14. The van der Waals surface area contributed by atoms with Gasteiger partial charge in [-0.15, -0.1) is 11.3 Å². The molecule has 0 spiro atoms. The fraction of sp³-hybridized carbons (Fsp3) is 0.643. The van der Waals surface area contributed by atoms with Crippen LogP contribution in [0.4, 0.5) is 4.79 Å². The Morgan fingerprint density at radius 3 is 2.71 bits per heavy atom. The molecule has 0 saturated carbocycles. The van der Waals surface area contributed by atoms with Crippen LogP contribution in [-0.2, 0) is 16.6 Å². The number of hydrogen-bond acceptors (Lipinski definition) is 4. The molecule has 1 aromatic rings. The largest absolute Gasteiger partial charge is 0.444 e. The minimum Gasteiger partial charge on any atom is -0.444 e. The fourth-order valence-electron chi connectivity index (χ4n) is 2.17. The van der Waals surface area contributed by atoms with Gasteiger partial charge in [0.05, 0.1) is 0 Å². The van der Waals surface area contributed by atoms with Crippen LogP contribution >= 0.6 is 11.3 Å². The summed E-state index contributed by atoms with van der Waals surface area (Å²) in [5.74, 6) is -0.281. The first-order chi connectivity index (χ1) is 9.78. The molecule has 0 radical (unpaired) electrons. The van der Waals surface area contributed by atoms with Crippen LogP contribution in [0.25, 0.3) is 0 Å². The van der Waals surface area contributed by atoms with Gasteiger partial charge in [0.2, 0.25) is 0 Å². The van der Waals surface area contributed by atoms with Crippen molar-refractivity contribution in [2.24, 2.45) is 12.0 Å². The lowest BCUT2D eigenvalue weighted by Crippen LogP contribution is -2.43. The Labute approximate surface area is 128 Å². The fourth-order valence-corrected chi connectivity index (χ4v) is 2.90. The van der Waals surface area contributed by atoms with Gasteiger partial charge in [0, 0.05) is 25.2 Å². The number of amides is 2. The van der Waals surface area contributed by atoms with Crippen molar-refractivity contribution in [2.45, 2.75) is 45.3 Å². The molecule has 1 aliphatic rings. The normalized spacial score (nSPS) is 19.9. The van der Waals surface area contributed by atoms with Gasteiger partial charge in [0.1, 0.15) is 11.6 Å². The monoisotopic (exact) mass is 311 g/mol. The van der Waals surface area contributed by atoms with E-state index in [4.69, 9.17) is 4.74 Å². The lowest BCUT2D eigenvalue weighted by molar-refractivity contribution is -0.122. The molecular weight excluding hydrogens is 290 g/mol. The van der Waals surface area contributed by atoms with Crippen molar-refractivity contribution in [1.29, 1.82) is 0 Å². The van der Waals surface area contributed by atoms with Crippen LogP contribution in [0.3, 0.4) is 0 Å². The predicted octanol–water partition coefficient (Wildman–Crippen LogP) is 1.91. The number of hydrogen-bond donors (Lipinski definition) is 0. The number of aromatic nitrogens is 1. The second-order valence-electron chi connectivity index (χ2n) is 6.08. The van der Waals surface area contributed by atoms with Gasteiger partial charge < -0.3 is 9.30 Å². The summed E-state index contributed by atoms with van der Waals surface area (Å²) in [5.41, 5.74) is -0.565. The third-order valence-electron chi connectivity index (χ3n) is 3.13. The van der Waals surface area contributed by atoms with Crippen LogP contribution in [-0.4, -0.2) is 39.7 Å². The quantitative estimate of drug-likeness (QED) is 0.796. The van der Waals surface area contributed by atoms with Crippen molar-refractivity contribution in [3.8, 4) is 0 Å². The molecule has 2 heterocycles. The molecule has 1 atom stereocenters. The standard InChI is InChI=1S/C14H21N3O3S/c1-14(2,3)20-13(19)17-7-5-6-10(17)11(18)15-12-16(4)8-9-21-12/h8-10H,5-7H2,1-4H3/t10-/m1/s1. The molecule has 1 fully saturated rings. The van der Waals surface area contributed by atoms with E-state index >= 15 is 0 Å². The molecule has 0 bridgehead atoms. The number of nitrogens with zero attached hydrogens (tertiary/aromatic N) is 3. The van der Waals surface area contributed by atoms with Crippen molar-refractivity contribution < 1.29 is 14.3 Å². The van der Waals surface area contributed by atoms with Crippen LogP contribution in [0.1, 0.15) is 33.6 Å². The third-order valence-corrected chi connectivity index (χ3v) is 3.98. The van der Waals surface area contributed by atoms with Crippen LogP contribution in [0, 0.1) is 0 Å². The first-order valence-electron chi connectivity index (χ1n) is 6.96. The molecule has 0 unspecified atom stereocenters. The summed E-state index contributed by atoms with van der Waals surface area (Å²) < 4.78 is 7.14. The van der Waals surface area contributed by atoms with E-state index in [1.165, 1.54) is 16.2 Å². The summed E-state index contributed by atoms with van der Waals surface area (Å²) in [5, 5.41) is 1.87. The SMILES string of the molecule is Cn1ccsc1=NC(=O)[C@H]1CCCN1C(=O)OC(C)(C)C. The van der Waals surface area contributed by atoms with Crippen molar-refractivity contribution in [2.75, 3.05) is 6.54 Å². The van der Waals surface area contributed by atoms with Crippen LogP contribution in [0.2, 0.25) is 0 Å². The molecular formula is C14H21N3O3S. The first-order valence-corrected chi connectivity index (χ1v) is 7.84. The Kier molecular flexibility index (Phi) is 4.51. The first kappa shape index (κ1) is 15.8. The Morgan fingerprint density at radius 2 is 2.14 bits per heavy atom. The van der Waals surface area contributed by atoms with Gasteiger partial charge in [-0.2, -0.15) is 4.99 Å². The Hall–Kier alpha value is -1.63. The zero-order valence-corrected chi connectivity index (χ0v) is 13.6. The molecule has 1 saturated heterocycles. The number of likely N-dealkylation sites (tertiary alicyclic amines) is 1. The number of carbonyl (C=O) groups is 2. The number of rotatable bonds is 1. The molecule has 21 heavy (non-hydrogen) atoms. The molecule has 0 aliphatic carbocycles. The number of aryl methyl sites for hydroxylation is 1. The zero-order chi connectivity index (χ0) is 15.6. The Bertz CT molecular complexity index is 597. The van der Waals surface area contributed by atoms with Gasteiger partial charge in [-0.25, -0.2) is 4.79 Å². The molecule has 2 amide bonds.